The molecule has 19 heavy (non-hydrogen) atoms. The molecule has 0 amide bonds. The molecule has 1 aromatic rings. The maximum atomic E-state index is 13.7. The van der Waals surface area contributed by atoms with E-state index in [0.717, 1.165) is 25.5 Å². The van der Waals surface area contributed by atoms with E-state index in [4.69, 9.17) is 0 Å². The van der Waals surface area contributed by atoms with Crippen LogP contribution < -0.4 is 5.32 Å². The van der Waals surface area contributed by atoms with Crippen LogP contribution in [-0.4, -0.2) is 12.6 Å². The lowest BCUT2D eigenvalue weighted by Crippen LogP contribution is -2.33. The summed E-state index contributed by atoms with van der Waals surface area (Å²) in [4.78, 5) is 0. The summed E-state index contributed by atoms with van der Waals surface area (Å²) in [7, 11) is 0. The third kappa shape index (κ3) is 3.87. The lowest BCUT2D eigenvalue weighted by atomic mass is 9.90. The van der Waals surface area contributed by atoms with Crippen molar-refractivity contribution in [3.8, 4) is 0 Å². The predicted octanol–water partition coefficient (Wildman–Crippen LogP) is 3.99. The van der Waals surface area contributed by atoms with Gasteiger partial charge in [0, 0.05) is 12.1 Å². The fourth-order valence-corrected chi connectivity index (χ4v) is 2.67. The molecule has 0 aliphatic heterocycles. The molecule has 0 spiro atoms. The van der Waals surface area contributed by atoms with Crippen molar-refractivity contribution < 1.29 is 8.78 Å². The van der Waals surface area contributed by atoms with Gasteiger partial charge in [0.25, 0.3) is 0 Å². The van der Waals surface area contributed by atoms with E-state index >= 15 is 0 Å². The zero-order valence-electron chi connectivity index (χ0n) is 11.4. The van der Waals surface area contributed by atoms with Crippen molar-refractivity contribution >= 4 is 0 Å². The van der Waals surface area contributed by atoms with Crippen LogP contribution in [0.1, 0.15) is 38.2 Å². The molecule has 0 fully saturated rings. The normalized spacial score (nSPS) is 17.1. The summed E-state index contributed by atoms with van der Waals surface area (Å²) in [6.45, 7) is 2.90. The van der Waals surface area contributed by atoms with Gasteiger partial charge in [-0.1, -0.05) is 24.6 Å². The lowest BCUT2D eigenvalue weighted by molar-refractivity contribution is 0.520. The number of nitrogens with one attached hydrogen (secondary N) is 1. The van der Waals surface area contributed by atoms with Crippen LogP contribution in [0.2, 0.25) is 0 Å². The van der Waals surface area contributed by atoms with E-state index in [9.17, 15) is 8.78 Å². The Labute approximate surface area is 113 Å². The Morgan fingerprint density at radius 3 is 2.74 bits per heavy atom. The molecule has 3 heteroatoms. The zero-order valence-corrected chi connectivity index (χ0v) is 11.4. The molecule has 1 nitrogen and oxygen atoms in total. The average Bonchev–Trinajstić information content (AvgIpc) is 2.42. The molecule has 1 aliphatic carbocycles. The largest absolute Gasteiger partial charge is 0.310 e. The number of halogens is 2. The Morgan fingerprint density at radius 1 is 1.26 bits per heavy atom. The van der Waals surface area contributed by atoms with Gasteiger partial charge in [0.05, 0.1) is 0 Å². The molecule has 0 saturated carbocycles. The quantitative estimate of drug-likeness (QED) is 0.794. The number of likely N-dealkylation sites (N-methyl/N-ethyl adjacent to an activating group) is 1. The van der Waals surface area contributed by atoms with Gasteiger partial charge in [-0.2, -0.15) is 0 Å². The van der Waals surface area contributed by atoms with Gasteiger partial charge in [-0.3, -0.25) is 0 Å². The first-order valence-electron chi connectivity index (χ1n) is 7.07. The smallest absolute Gasteiger partial charge is 0.129 e. The van der Waals surface area contributed by atoms with Crippen LogP contribution in [0.4, 0.5) is 8.78 Å². The number of rotatable bonds is 5. The Balaban J connectivity index is 2.13. The Morgan fingerprint density at radius 2 is 2.11 bits per heavy atom. The molecule has 0 aromatic heterocycles. The molecular weight excluding hydrogens is 244 g/mol. The summed E-state index contributed by atoms with van der Waals surface area (Å²) >= 11 is 0. The summed E-state index contributed by atoms with van der Waals surface area (Å²) in [5, 5.41) is 3.41. The second-order valence-electron chi connectivity index (χ2n) is 5.07. The molecule has 1 aliphatic rings. The van der Waals surface area contributed by atoms with E-state index in [0.29, 0.717) is 12.0 Å². The molecule has 1 unspecified atom stereocenters. The molecule has 0 heterocycles. The summed E-state index contributed by atoms with van der Waals surface area (Å²) in [5.41, 5.74) is 1.95. The van der Waals surface area contributed by atoms with Crippen LogP contribution in [0.15, 0.2) is 29.8 Å². The van der Waals surface area contributed by atoms with E-state index in [-0.39, 0.29) is 6.04 Å². The third-order valence-corrected chi connectivity index (χ3v) is 3.66. The number of benzene rings is 1. The predicted molar refractivity (Wildman–Crippen MR) is 74.1 cm³/mol. The van der Waals surface area contributed by atoms with Crippen LogP contribution in [0, 0.1) is 11.6 Å². The van der Waals surface area contributed by atoms with Crippen molar-refractivity contribution in [1.29, 1.82) is 0 Å². The molecular formula is C16H21F2N. The molecule has 104 valence electrons. The van der Waals surface area contributed by atoms with Crippen molar-refractivity contribution in [2.24, 2.45) is 0 Å². The van der Waals surface area contributed by atoms with Gasteiger partial charge in [0.1, 0.15) is 11.6 Å². The number of allylic oxidation sites excluding steroid dienone is 1. The molecule has 0 radical (unpaired) electrons. The van der Waals surface area contributed by atoms with Crippen molar-refractivity contribution in [1.82, 2.24) is 5.32 Å². The molecule has 0 bridgehead atoms. The highest BCUT2D eigenvalue weighted by Gasteiger charge is 2.17. The molecule has 2 rings (SSSR count). The first-order valence-corrected chi connectivity index (χ1v) is 7.07. The monoisotopic (exact) mass is 265 g/mol. The molecule has 1 atom stereocenters. The fourth-order valence-electron chi connectivity index (χ4n) is 2.67. The maximum absolute atomic E-state index is 13.7. The van der Waals surface area contributed by atoms with E-state index < -0.39 is 11.6 Å². The standard InChI is InChI=1S/C16H21F2N/c1-2-19-16(12-6-4-3-5-7-12)10-13-8-9-14(17)11-15(13)18/h6,8-9,11,16,19H,2-5,7,10H2,1H3. The second-order valence-corrected chi connectivity index (χ2v) is 5.07. The lowest BCUT2D eigenvalue weighted by Gasteiger charge is -2.24. The summed E-state index contributed by atoms with van der Waals surface area (Å²) in [5.74, 6) is -0.961. The first-order chi connectivity index (χ1) is 9.20. The highest BCUT2D eigenvalue weighted by Crippen LogP contribution is 2.23. The zero-order chi connectivity index (χ0) is 13.7. The van der Waals surface area contributed by atoms with Gasteiger partial charge in [0.15, 0.2) is 0 Å². The Hall–Kier alpha value is -1.22. The van der Waals surface area contributed by atoms with Crippen LogP contribution in [0.25, 0.3) is 0 Å². The van der Waals surface area contributed by atoms with Gasteiger partial charge in [0.2, 0.25) is 0 Å². The van der Waals surface area contributed by atoms with Crippen LogP contribution in [-0.2, 0) is 6.42 Å². The molecule has 1 N–H and O–H groups in total. The highest BCUT2D eigenvalue weighted by atomic mass is 19.1. The van der Waals surface area contributed by atoms with Crippen LogP contribution in [0.3, 0.4) is 0 Å². The van der Waals surface area contributed by atoms with Gasteiger partial charge < -0.3 is 5.32 Å². The summed E-state index contributed by atoms with van der Waals surface area (Å²) in [6, 6.07) is 4.02. The number of hydrogen-bond donors (Lipinski definition) is 1. The summed E-state index contributed by atoms with van der Waals surface area (Å²) in [6.07, 6.45) is 7.51. The molecule has 1 aromatic carbocycles. The minimum Gasteiger partial charge on any atom is -0.310 e. The van der Waals surface area contributed by atoms with Gasteiger partial charge in [-0.05, 0) is 50.3 Å². The fraction of sp³-hybridized carbons (Fsp3) is 0.500. The highest BCUT2D eigenvalue weighted by molar-refractivity contribution is 5.24. The van der Waals surface area contributed by atoms with E-state index in [1.165, 1.54) is 24.5 Å². The molecule has 0 saturated heterocycles. The van der Waals surface area contributed by atoms with Gasteiger partial charge >= 0.3 is 0 Å². The summed E-state index contributed by atoms with van der Waals surface area (Å²) < 4.78 is 26.7. The topological polar surface area (TPSA) is 12.0 Å². The van der Waals surface area contributed by atoms with E-state index in [1.807, 2.05) is 0 Å². The maximum Gasteiger partial charge on any atom is 0.129 e. The second kappa shape index (κ2) is 6.80. The minimum absolute atomic E-state index is 0.172. The van der Waals surface area contributed by atoms with Gasteiger partial charge in [-0.25, -0.2) is 8.78 Å². The SMILES string of the molecule is CCNC(Cc1ccc(F)cc1F)C1=CCCCC1. The van der Waals surface area contributed by atoms with E-state index in [2.05, 4.69) is 18.3 Å². The van der Waals surface area contributed by atoms with E-state index in [1.54, 1.807) is 6.07 Å². The minimum atomic E-state index is -0.516. The van der Waals surface area contributed by atoms with Gasteiger partial charge in [-0.15, -0.1) is 0 Å². The van der Waals surface area contributed by atoms with Crippen molar-refractivity contribution in [2.75, 3.05) is 6.54 Å². The number of hydrogen-bond acceptors (Lipinski definition) is 1. The Kier molecular flexibility index (Phi) is 5.08. The van der Waals surface area contributed by atoms with Crippen LogP contribution >= 0.6 is 0 Å². The average molecular weight is 265 g/mol. The van der Waals surface area contributed by atoms with Crippen molar-refractivity contribution in [3.63, 3.8) is 0 Å². The van der Waals surface area contributed by atoms with Crippen molar-refractivity contribution in [2.45, 2.75) is 45.1 Å². The Bertz CT molecular complexity index is 454. The third-order valence-electron chi connectivity index (χ3n) is 3.66. The van der Waals surface area contributed by atoms with Crippen LogP contribution in [0.5, 0.6) is 0 Å². The van der Waals surface area contributed by atoms with Crippen molar-refractivity contribution in [3.05, 3.63) is 47.0 Å². The first kappa shape index (κ1) is 14.2.